The molecule has 0 saturated heterocycles. The number of aromatic carboxylic acids is 1. The Morgan fingerprint density at radius 2 is 1.89 bits per heavy atom. The number of para-hydroxylation sites is 1. The SMILES string of the molecule is Cc1cccc(C(C)Nc2ccccc2C(=O)O)c1. The van der Waals surface area contributed by atoms with E-state index in [4.69, 9.17) is 5.11 Å². The van der Waals surface area contributed by atoms with E-state index in [1.807, 2.05) is 38.1 Å². The number of anilines is 1. The minimum absolute atomic E-state index is 0.0559. The van der Waals surface area contributed by atoms with Gasteiger partial charge in [-0.05, 0) is 31.5 Å². The number of rotatable bonds is 4. The summed E-state index contributed by atoms with van der Waals surface area (Å²) >= 11 is 0. The molecular weight excluding hydrogens is 238 g/mol. The molecule has 3 nitrogen and oxygen atoms in total. The van der Waals surface area contributed by atoms with Crippen LogP contribution in [0.2, 0.25) is 0 Å². The third-order valence-electron chi connectivity index (χ3n) is 3.07. The summed E-state index contributed by atoms with van der Waals surface area (Å²) in [5.74, 6) is -0.917. The van der Waals surface area contributed by atoms with Gasteiger partial charge in [0.15, 0.2) is 0 Å². The average Bonchev–Trinajstić information content (AvgIpc) is 2.39. The van der Waals surface area contributed by atoms with Gasteiger partial charge in [-0.3, -0.25) is 0 Å². The Hall–Kier alpha value is -2.29. The molecule has 1 unspecified atom stereocenters. The number of nitrogens with one attached hydrogen (secondary N) is 1. The maximum absolute atomic E-state index is 11.2. The van der Waals surface area contributed by atoms with E-state index < -0.39 is 5.97 Å². The number of hydrogen-bond acceptors (Lipinski definition) is 2. The Morgan fingerprint density at radius 3 is 2.58 bits per heavy atom. The second-order valence-electron chi connectivity index (χ2n) is 4.63. The Labute approximate surface area is 112 Å². The van der Waals surface area contributed by atoms with Crippen molar-refractivity contribution in [2.24, 2.45) is 0 Å². The molecule has 2 N–H and O–H groups in total. The van der Waals surface area contributed by atoms with Crippen molar-refractivity contribution < 1.29 is 9.90 Å². The van der Waals surface area contributed by atoms with Crippen molar-refractivity contribution in [1.29, 1.82) is 0 Å². The van der Waals surface area contributed by atoms with Crippen LogP contribution in [0.25, 0.3) is 0 Å². The lowest BCUT2D eigenvalue weighted by atomic mass is 10.0. The molecule has 0 aliphatic rings. The standard InChI is InChI=1S/C16H17NO2/c1-11-6-5-7-13(10-11)12(2)17-15-9-4-3-8-14(15)16(18)19/h3-10,12,17H,1-2H3,(H,18,19). The molecule has 0 fully saturated rings. The molecule has 1 atom stereocenters. The van der Waals surface area contributed by atoms with Crippen LogP contribution >= 0.6 is 0 Å². The van der Waals surface area contributed by atoms with Crippen LogP contribution in [-0.4, -0.2) is 11.1 Å². The van der Waals surface area contributed by atoms with Crippen LogP contribution < -0.4 is 5.32 Å². The summed E-state index contributed by atoms with van der Waals surface area (Å²) in [4.78, 5) is 11.2. The maximum Gasteiger partial charge on any atom is 0.337 e. The zero-order valence-electron chi connectivity index (χ0n) is 11.1. The third kappa shape index (κ3) is 3.13. The maximum atomic E-state index is 11.2. The minimum Gasteiger partial charge on any atom is -0.478 e. The molecule has 0 bridgehead atoms. The lowest BCUT2D eigenvalue weighted by Gasteiger charge is -2.17. The Morgan fingerprint density at radius 1 is 1.16 bits per heavy atom. The van der Waals surface area contributed by atoms with Crippen LogP contribution in [-0.2, 0) is 0 Å². The summed E-state index contributed by atoms with van der Waals surface area (Å²) in [6, 6.07) is 15.2. The zero-order chi connectivity index (χ0) is 13.8. The monoisotopic (exact) mass is 255 g/mol. The summed E-state index contributed by atoms with van der Waals surface area (Å²) in [5.41, 5.74) is 3.27. The summed E-state index contributed by atoms with van der Waals surface area (Å²) in [7, 11) is 0. The van der Waals surface area contributed by atoms with E-state index in [0.717, 1.165) is 5.56 Å². The topological polar surface area (TPSA) is 49.3 Å². The molecule has 0 amide bonds. The predicted molar refractivity (Wildman–Crippen MR) is 76.6 cm³/mol. The van der Waals surface area contributed by atoms with Crippen molar-refractivity contribution in [3.05, 3.63) is 65.2 Å². The van der Waals surface area contributed by atoms with Gasteiger partial charge >= 0.3 is 5.97 Å². The van der Waals surface area contributed by atoms with Gasteiger partial charge in [0, 0.05) is 11.7 Å². The molecule has 98 valence electrons. The molecule has 0 spiro atoms. The molecule has 0 aliphatic heterocycles. The fourth-order valence-electron chi connectivity index (χ4n) is 2.05. The molecule has 0 radical (unpaired) electrons. The normalized spacial score (nSPS) is 11.9. The molecule has 0 aromatic heterocycles. The number of benzene rings is 2. The molecule has 0 saturated carbocycles. The van der Waals surface area contributed by atoms with E-state index in [1.165, 1.54) is 5.56 Å². The Bertz CT molecular complexity index is 593. The smallest absolute Gasteiger partial charge is 0.337 e. The number of hydrogen-bond donors (Lipinski definition) is 2. The van der Waals surface area contributed by atoms with Crippen molar-refractivity contribution in [2.75, 3.05) is 5.32 Å². The van der Waals surface area contributed by atoms with E-state index in [0.29, 0.717) is 11.3 Å². The van der Waals surface area contributed by atoms with Crippen LogP contribution in [0, 0.1) is 6.92 Å². The highest BCUT2D eigenvalue weighted by Gasteiger charge is 2.12. The van der Waals surface area contributed by atoms with Crippen molar-refractivity contribution in [3.8, 4) is 0 Å². The fourth-order valence-corrected chi connectivity index (χ4v) is 2.05. The summed E-state index contributed by atoms with van der Waals surface area (Å²) in [5, 5.41) is 12.4. The Kier molecular flexibility index (Phi) is 3.85. The van der Waals surface area contributed by atoms with Gasteiger partial charge in [-0.2, -0.15) is 0 Å². The average molecular weight is 255 g/mol. The van der Waals surface area contributed by atoms with Gasteiger partial charge in [-0.25, -0.2) is 4.79 Å². The van der Waals surface area contributed by atoms with Gasteiger partial charge in [-0.15, -0.1) is 0 Å². The highest BCUT2D eigenvalue weighted by molar-refractivity contribution is 5.94. The third-order valence-corrected chi connectivity index (χ3v) is 3.07. The quantitative estimate of drug-likeness (QED) is 0.872. The van der Waals surface area contributed by atoms with Crippen molar-refractivity contribution in [3.63, 3.8) is 0 Å². The van der Waals surface area contributed by atoms with Gasteiger partial charge in [0.05, 0.1) is 5.56 Å². The first-order valence-corrected chi connectivity index (χ1v) is 6.23. The number of aryl methyl sites for hydroxylation is 1. The first kappa shape index (κ1) is 13.1. The van der Waals surface area contributed by atoms with Gasteiger partial charge in [0.2, 0.25) is 0 Å². The summed E-state index contributed by atoms with van der Waals surface area (Å²) in [6.45, 7) is 4.06. The largest absolute Gasteiger partial charge is 0.478 e. The van der Waals surface area contributed by atoms with Crippen molar-refractivity contribution in [1.82, 2.24) is 0 Å². The van der Waals surface area contributed by atoms with Gasteiger partial charge < -0.3 is 10.4 Å². The van der Waals surface area contributed by atoms with Crippen LogP contribution in [0.3, 0.4) is 0 Å². The van der Waals surface area contributed by atoms with Gasteiger partial charge in [-0.1, -0.05) is 42.0 Å². The van der Waals surface area contributed by atoms with Crippen molar-refractivity contribution in [2.45, 2.75) is 19.9 Å². The molecular formula is C16H17NO2. The molecule has 2 rings (SSSR count). The second-order valence-corrected chi connectivity index (χ2v) is 4.63. The molecule has 0 heterocycles. The van der Waals surface area contributed by atoms with E-state index in [2.05, 4.69) is 11.4 Å². The number of carbonyl (C=O) groups is 1. The molecule has 0 aliphatic carbocycles. The van der Waals surface area contributed by atoms with Gasteiger partial charge in [0.25, 0.3) is 0 Å². The Balaban J connectivity index is 2.24. The number of carboxylic acids is 1. The molecule has 19 heavy (non-hydrogen) atoms. The first-order chi connectivity index (χ1) is 9.08. The van der Waals surface area contributed by atoms with E-state index in [1.54, 1.807) is 18.2 Å². The van der Waals surface area contributed by atoms with Crippen LogP contribution in [0.4, 0.5) is 5.69 Å². The second kappa shape index (κ2) is 5.57. The van der Waals surface area contributed by atoms with Gasteiger partial charge in [0.1, 0.15) is 0 Å². The van der Waals surface area contributed by atoms with E-state index in [9.17, 15) is 4.79 Å². The molecule has 2 aromatic carbocycles. The summed E-state index contributed by atoms with van der Waals surface area (Å²) in [6.07, 6.45) is 0. The molecule has 3 heteroatoms. The van der Waals surface area contributed by atoms with E-state index >= 15 is 0 Å². The fraction of sp³-hybridized carbons (Fsp3) is 0.188. The highest BCUT2D eigenvalue weighted by atomic mass is 16.4. The van der Waals surface area contributed by atoms with Crippen molar-refractivity contribution >= 4 is 11.7 Å². The van der Waals surface area contributed by atoms with E-state index in [-0.39, 0.29) is 6.04 Å². The lowest BCUT2D eigenvalue weighted by molar-refractivity contribution is 0.0698. The first-order valence-electron chi connectivity index (χ1n) is 6.23. The highest BCUT2D eigenvalue weighted by Crippen LogP contribution is 2.22. The summed E-state index contributed by atoms with van der Waals surface area (Å²) < 4.78 is 0. The number of carboxylic acid groups (broad SMARTS) is 1. The predicted octanol–water partition coefficient (Wildman–Crippen LogP) is 3.87. The minimum atomic E-state index is -0.917. The van der Waals surface area contributed by atoms with Crippen LogP contribution in [0.15, 0.2) is 48.5 Å². The molecule has 2 aromatic rings. The zero-order valence-corrected chi connectivity index (χ0v) is 11.1. The lowest BCUT2D eigenvalue weighted by Crippen LogP contribution is -2.10. The van der Waals surface area contributed by atoms with Crippen LogP contribution in [0.1, 0.15) is 34.5 Å². The van der Waals surface area contributed by atoms with Crippen LogP contribution in [0.5, 0.6) is 0 Å².